The van der Waals surface area contributed by atoms with Crippen molar-refractivity contribution in [1.29, 1.82) is 0 Å². The molecule has 20 heavy (non-hydrogen) atoms. The van der Waals surface area contributed by atoms with Crippen molar-refractivity contribution in [3.63, 3.8) is 0 Å². The molecule has 0 spiro atoms. The third-order valence-electron chi connectivity index (χ3n) is 3.79. The summed E-state index contributed by atoms with van der Waals surface area (Å²) in [6, 6.07) is 7.19. The minimum atomic E-state index is -0.114. The molecule has 0 atom stereocenters. The first-order valence-corrected chi connectivity index (χ1v) is 7.30. The highest BCUT2D eigenvalue weighted by molar-refractivity contribution is 5.75. The molecule has 0 aromatic heterocycles. The van der Waals surface area contributed by atoms with E-state index >= 15 is 0 Å². The zero-order chi connectivity index (χ0) is 14.4. The molecule has 1 saturated carbocycles. The minimum Gasteiger partial charge on any atom is -0.494 e. The van der Waals surface area contributed by atoms with Crippen molar-refractivity contribution >= 4 is 5.97 Å². The second kappa shape index (κ2) is 7.13. The van der Waals surface area contributed by atoms with E-state index in [1.807, 2.05) is 25.1 Å². The fraction of sp³-hybridized carbons (Fsp3) is 0.471. The summed E-state index contributed by atoms with van der Waals surface area (Å²) < 4.78 is 10.8. The highest BCUT2D eigenvalue weighted by atomic mass is 16.5. The number of ether oxygens (including phenoxy) is 2. The topological polar surface area (TPSA) is 35.5 Å². The Morgan fingerprint density at radius 2 is 1.80 bits per heavy atom. The lowest BCUT2D eigenvalue weighted by atomic mass is 9.82. The van der Waals surface area contributed by atoms with Gasteiger partial charge in [-0.25, -0.2) is 0 Å². The predicted molar refractivity (Wildman–Crippen MR) is 78.9 cm³/mol. The molecule has 0 radical (unpaired) electrons. The lowest BCUT2D eigenvalue weighted by molar-refractivity contribution is -0.140. The summed E-state index contributed by atoms with van der Waals surface area (Å²) in [5.41, 5.74) is 0. The summed E-state index contributed by atoms with van der Waals surface area (Å²) >= 11 is 0. The van der Waals surface area contributed by atoms with Crippen molar-refractivity contribution < 1.29 is 14.3 Å². The fourth-order valence-electron chi connectivity index (χ4n) is 2.56. The van der Waals surface area contributed by atoms with Crippen LogP contribution < -0.4 is 9.47 Å². The Labute approximate surface area is 120 Å². The molecule has 1 fully saturated rings. The van der Waals surface area contributed by atoms with E-state index in [9.17, 15) is 4.79 Å². The van der Waals surface area contributed by atoms with Gasteiger partial charge in [0.15, 0.2) is 0 Å². The molecule has 0 bridgehead atoms. The Kier molecular flexibility index (Phi) is 5.22. The maximum Gasteiger partial charge on any atom is 0.314 e. The van der Waals surface area contributed by atoms with Crippen LogP contribution in [0.3, 0.4) is 0 Å². The third kappa shape index (κ3) is 3.86. The lowest BCUT2D eigenvalue weighted by Crippen LogP contribution is -2.25. The van der Waals surface area contributed by atoms with Gasteiger partial charge < -0.3 is 9.47 Å². The van der Waals surface area contributed by atoms with Gasteiger partial charge in [0.05, 0.1) is 12.5 Å². The number of allylic oxidation sites excluding steroid dienone is 1. The lowest BCUT2D eigenvalue weighted by Gasteiger charge is -2.24. The second-order valence-electron chi connectivity index (χ2n) is 5.17. The van der Waals surface area contributed by atoms with Crippen molar-refractivity contribution in [3.05, 3.63) is 36.9 Å². The van der Waals surface area contributed by atoms with Gasteiger partial charge in [0.2, 0.25) is 0 Å². The Morgan fingerprint density at radius 1 is 1.20 bits per heavy atom. The molecule has 108 valence electrons. The number of hydrogen-bond donors (Lipinski definition) is 0. The average molecular weight is 274 g/mol. The SMILES string of the molecule is C=CC1CCC(C(=O)Oc2ccc(OCC)cc2)CC1. The van der Waals surface area contributed by atoms with Gasteiger partial charge in [0, 0.05) is 0 Å². The van der Waals surface area contributed by atoms with Gasteiger partial charge in [-0.3, -0.25) is 4.79 Å². The van der Waals surface area contributed by atoms with Crippen LogP contribution in [-0.2, 0) is 4.79 Å². The first kappa shape index (κ1) is 14.6. The summed E-state index contributed by atoms with van der Waals surface area (Å²) in [5.74, 6) is 1.85. The van der Waals surface area contributed by atoms with E-state index in [0.29, 0.717) is 18.3 Å². The number of esters is 1. The average Bonchev–Trinajstić information content (AvgIpc) is 2.49. The number of rotatable bonds is 5. The van der Waals surface area contributed by atoms with Gasteiger partial charge in [-0.2, -0.15) is 0 Å². The molecule has 0 unspecified atom stereocenters. The molecule has 0 heterocycles. The molecule has 2 rings (SSSR count). The van der Waals surface area contributed by atoms with E-state index in [4.69, 9.17) is 9.47 Å². The zero-order valence-electron chi connectivity index (χ0n) is 12.0. The molecule has 3 nitrogen and oxygen atoms in total. The van der Waals surface area contributed by atoms with Crippen LogP contribution in [0.2, 0.25) is 0 Å². The van der Waals surface area contributed by atoms with E-state index in [0.717, 1.165) is 31.4 Å². The van der Waals surface area contributed by atoms with Crippen LogP contribution in [0, 0.1) is 11.8 Å². The number of benzene rings is 1. The second-order valence-corrected chi connectivity index (χ2v) is 5.17. The van der Waals surface area contributed by atoms with Crippen molar-refractivity contribution in [2.75, 3.05) is 6.61 Å². The summed E-state index contributed by atoms with van der Waals surface area (Å²) in [7, 11) is 0. The molecule has 3 heteroatoms. The number of hydrogen-bond acceptors (Lipinski definition) is 3. The summed E-state index contributed by atoms with van der Waals surface area (Å²) in [4.78, 5) is 12.1. The number of carbonyl (C=O) groups excluding carboxylic acids is 1. The zero-order valence-corrected chi connectivity index (χ0v) is 12.0. The fourth-order valence-corrected chi connectivity index (χ4v) is 2.56. The van der Waals surface area contributed by atoms with Gasteiger partial charge in [-0.15, -0.1) is 6.58 Å². The van der Waals surface area contributed by atoms with Gasteiger partial charge >= 0.3 is 5.97 Å². The monoisotopic (exact) mass is 274 g/mol. The summed E-state index contributed by atoms with van der Waals surface area (Å²) in [6.07, 6.45) is 5.85. The molecule has 0 saturated heterocycles. The van der Waals surface area contributed by atoms with Crippen LogP contribution >= 0.6 is 0 Å². The molecule has 0 N–H and O–H groups in total. The van der Waals surface area contributed by atoms with Gasteiger partial charge in [-0.05, 0) is 62.8 Å². The standard InChI is InChI=1S/C17H22O3/c1-3-13-5-7-14(8-6-13)17(18)20-16-11-9-15(10-12-16)19-4-2/h3,9-14H,1,4-8H2,2H3. The third-order valence-corrected chi connectivity index (χ3v) is 3.79. The number of carbonyl (C=O) groups is 1. The molecule has 1 aromatic carbocycles. The van der Waals surface area contributed by atoms with Crippen molar-refractivity contribution in [3.8, 4) is 11.5 Å². The van der Waals surface area contributed by atoms with E-state index in [-0.39, 0.29) is 11.9 Å². The van der Waals surface area contributed by atoms with Crippen molar-refractivity contribution in [1.82, 2.24) is 0 Å². The van der Waals surface area contributed by atoms with E-state index in [1.165, 1.54) is 0 Å². The molecule has 1 aliphatic carbocycles. The summed E-state index contributed by atoms with van der Waals surface area (Å²) in [6.45, 7) is 6.39. The quantitative estimate of drug-likeness (QED) is 0.463. The van der Waals surface area contributed by atoms with Gasteiger partial charge in [-0.1, -0.05) is 6.08 Å². The Balaban J connectivity index is 1.86. The molecule has 1 aliphatic rings. The van der Waals surface area contributed by atoms with Gasteiger partial charge in [0.1, 0.15) is 11.5 Å². The van der Waals surface area contributed by atoms with Crippen LogP contribution in [0.25, 0.3) is 0 Å². The smallest absolute Gasteiger partial charge is 0.314 e. The van der Waals surface area contributed by atoms with E-state index < -0.39 is 0 Å². The maximum atomic E-state index is 12.1. The van der Waals surface area contributed by atoms with Crippen LogP contribution in [0.5, 0.6) is 11.5 Å². The highest BCUT2D eigenvalue weighted by Gasteiger charge is 2.26. The Bertz CT molecular complexity index is 442. The normalized spacial score (nSPS) is 22.1. The Morgan fingerprint density at radius 3 is 2.35 bits per heavy atom. The molecule has 0 aliphatic heterocycles. The van der Waals surface area contributed by atoms with Gasteiger partial charge in [0.25, 0.3) is 0 Å². The maximum absolute atomic E-state index is 12.1. The molecular weight excluding hydrogens is 252 g/mol. The Hall–Kier alpha value is -1.77. The van der Waals surface area contributed by atoms with Crippen LogP contribution in [0.4, 0.5) is 0 Å². The predicted octanol–water partition coefficient (Wildman–Crippen LogP) is 3.98. The first-order chi connectivity index (χ1) is 9.72. The highest BCUT2D eigenvalue weighted by Crippen LogP contribution is 2.30. The molecule has 1 aromatic rings. The van der Waals surface area contributed by atoms with Crippen molar-refractivity contribution in [2.24, 2.45) is 11.8 Å². The summed E-state index contributed by atoms with van der Waals surface area (Å²) in [5, 5.41) is 0. The van der Waals surface area contributed by atoms with Crippen LogP contribution in [-0.4, -0.2) is 12.6 Å². The van der Waals surface area contributed by atoms with E-state index in [2.05, 4.69) is 6.58 Å². The minimum absolute atomic E-state index is 0.0257. The van der Waals surface area contributed by atoms with Crippen LogP contribution in [0.15, 0.2) is 36.9 Å². The molecular formula is C17H22O3. The largest absolute Gasteiger partial charge is 0.494 e. The van der Waals surface area contributed by atoms with Crippen LogP contribution in [0.1, 0.15) is 32.6 Å². The van der Waals surface area contributed by atoms with E-state index in [1.54, 1.807) is 12.1 Å². The first-order valence-electron chi connectivity index (χ1n) is 7.30. The molecule has 0 amide bonds. The van der Waals surface area contributed by atoms with Crippen molar-refractivity contribution in [2.45, 2.75) is 32.6 Å².